The number of ether oxygens (including phenoxy) is 1. The van der Waals surface area contributed by atoms with Crippen LogP contribution in [0.2, 0.25) is 0 Å². The number of hydrogen-bond donors (Lipinski definition) is 2. The van der Waals surface area contributed by atoms with Gasteiger partial charge in [0.25, 0.3) is 0 Å². The number of carbonyl (C=O) groups is 1. The minimum absolute atomic E-state index is 0.0855. The molecule has 0 radical (unpaired) electrons. The lowest BCUT2D eigenvalue weighted by molar-refractivity contribution is -0.141. The molecule has 0 spiro atoms. The van der Waals surface area contributed by atoms with Crippen LogP contribution in [-0.2, 0) is 16.0 Å². The van der Waals surface area contributed by atoms with Gasteiger partial charge >= 0.3 is 5.97 Å². The zero-order valence-electron chi connectivity index (χ0n) is 15.0. The van der Waals surface area contributed by atoms with E-state index in [1.165, 1.54) is 5.56 Å². The molecule has 0 aliphatic carbocycles. The number of carboxylic acids is 1. The van der Waals surface area contributed by atoms with Gasteiger partial charge in [0.05, 0.1) is 12.0 Å². The molecule has 0 aliphatic rings. The first-order valence-corrected chi connectivity index (χ1v) is 8.26. The van der Waals surface area contributed by atoms with E-state index in [1.807, 2.05) is 31.2 Å². The molecule has 1 aromatic rings. The summed E-state index contributed by atoms with van der Waals surface area (Å²) in [6, 6.07) is 9.76. The molecule has 0 saturated carbocycles. The maximum Gasteiger partial charge on any atom is 0.308 e. The van der Waals surface area contributed by atoms with Crippen LogP contribution in [-0.4, -0.2) is 30.3 Å². The van der Waals surface area contributed by atoms with Gasteiger partial charge in [-0.1, -0.05) is 68.0 Å². The molecular weight excluding hydrogens is 302 g/mol. The zero-order chi connectivity index (χ0) is 18.1. The van der Waals surface area contributed by atoms with Crippen LogP contribution < -0.4 is 5.73 Å². The Labute approximate surface area is 145 Å². The predicted octanol–water partition coefficient (Wildman–Crippen LogP) is 3.43. The second-order valence-corrected chi connectivity index (χ2v) is 6.30. The molecule has 0 aliphatic heterocycles. The average molecular weight is 331 g/mol. The number of carboxylic acid groups (broad SMARTS) is 1. The van der Waals surface area contributed by atoms with Crippen molar-refractivity contribution in [2.75, 3.05) is 7.11 Å². The van der Waals surface area contributed by atoms with Crippen molar-refractivity contribution in [2.45, 2.75) is 39.3 Å². The van der Waals surface area contributed by atoms with Gasteiger partial charge in [-0.2, -0.15) is 0 Å². The quantitative estimate of drug-likeness (QED) is 0.680. The third-order valence-corrected chi connectivity index (χ3v) is 4.24. The van der Waals surface area contributed by atoms with Crippen molar-refractivity contribution in [1.82, 2.24) is 0 Å². The highest BCUT2D eigenvalue weighted by atomic mass is 16.5. The smallest absolute Gasteiger partial charge is 0.308 e. The van der Waals surface area contributed by atoms with Crippen LogP contribution >= 0.6 is 0 Å². The van der Waals surface area contributed by atoms with E-state index in [2.05, 4.69) is 25.1 Å². The lowest BCUT2D eigenvalue weighted by atomic mass is 9.95. The van der Waals surface area contributed by atoms with Gasteiger partial charge in [0.15, 0.2) is 0 Å². The molecule has 1 aromatic carbocycles. The van der Waals surface area contributed by atoms with Crippen molar-refractivity contribution in [3.8, 4) is 0 Å². The highest BCUT2D eigenvalue weighted by molar-refractivity contribution is 5.70. The fraction of sp³-hybridized carbons (Fsp3) is 0.450. The Bertz CT molecular complexity index is 566. The summed E-state index contributed by atoms with van der Waals surface area (Å²) in [5.41, 5.74) is 8.16. The van der Waals surface area contributed by atoms with Gasteiger partial charge in [-0.05, 0) is 18.9 Å². The Morgan fingerprint density at radius 3 is 2.46 bits per heavy atom. The molecule has 1 rings (SSSR count). The van der Waals surface area contributed by atoms with E-state index in [0.717, 1.165) is 12.0 Å². The Balaban J connectivity index is 2.69. The molecule has 4 heteroatoms. The lowest BCUT2D eigenvalue weighted by Gasteiger charge is -2.21. The molecule has 0 fully saturated rings. The van der Waals surface area contributed by atoms with Crippen molar-refractivity contribution < 1.29 is 14.6 Å². The van der Waals surface area contributed by atoms with Crippen molar-refractivity contribution in [3.05, 3.63) is 59.7 Å². The highest BCUT2D eigenvalue weighted by Crippen LogP contribution is 2.17. The average Bonchev–Trinajstić information content (AvgIpc) is 2.57. The molecule has 24 heavy (non-hydrogen) atoms. The van der Waals surface area contributed by atoms with Crippen molar-refractivity contribution >= 4 is 5.97 Å². The number of hydrogen-bond acceptors (Lipinski definition) is 3. The molecule has 132 valence electrons. The molecule has 3 N–H and O–H groups in total. The molecule has 4 atom stereocenters. The fourth-order valence-electron chi connectivity index (χ4n) is 2.50. The van der Waals surface area contributed by atoms with Gasteiger partial charge in [0, 0.05) is 19.1 Å². The van der Waals surface area contributed by atoms with Gasteiger partial charge in [-0.15, -0.1) is 0 Å². The largest absolute Gasteiger partial charge is 0.481 e. The summed E-state index contributed by atoms with van der Waals surface area (Å²) >= 11 is 0. The first kappa shape index (κ1) is 20.1. The maximum atomic E-state index is 10.9. The van der Waals surface area contributed by atoms with Gasteiger partial charge < -0.3 is 15.6 Å². The van der Waals surface area contributed by atoms with Crippen LogP contribution in [0.4, 0.5) is 0 Å². The van der Waals surface area contributed by atoms with E-state index < -0.39 is 17.9 Å². The monoisotopic (exact) mass is 331 g/mol. The standard InChI is InChI=1S/C20H29NO3/c1-14(10-11-18(21)16(3)20(22)23)12-15(2)19(24-4)13-17-8-6-5-7-9-17/h5-12,15-16,18-19H,13,21H2,1-4H3,(H,22,23)/b11-10+,14-12+/t15-,16+,18-,19-/m1/s1. The predicted molar refractivity (Wildman–Crippen MR) is 97.8 cm³/mol. The van der Waals surface area contributed by atoms with Gasteiger partial charge in [0.2, 0.25) is 0 Å². The van der Waals surface area contributed by atoms with Crippen molar-refractivity contribution in [2.24, 2.45) is 17.6 Å². The topological polar surface area (TPSA) is 72.5 Å². The third-order valence-electron chi connectivity index (χ3n) is 4.24. The highest BCUT2D eigenvalue weighted by Gasteiger charge is 2.17. The Hall–Kier alpha value is -1.91. The van der Waals surface area contributed by atoms with Crippen LogP contribution in [0.1, 0.15) is 26.3 Å². The third kappa shape index (κ3) is 6.69. The first-order chi connectivity index (χ1) is 11.3. The summed E-state index contributed by atoms with van der Waals surface area (Å²) in [4.78, 5) is 10.9. The van der Waals surface area contributed by atoms with Crippen LogP contribution in [0.3, 0.4) is 0 Å². The van der Waals surface area contributed by atoms with Crippen LogP contribution in [0.15, 0.2) is 54.1 Å². The van der Waals surface area contributed by atoms with Crippen molar-refractivity contribution in [1.29, 1.82) is 0 Å². The summed E-state index contributed by atoms with van der Waals surface area (Å²) in [6.07, 6.45) is 6.70. The van der Waals surface area contributed by atoms with E-state index >= 15 is 0 Å². The first-order valence-electron chi connectivity index (χ1n) is 8.26. The molecule has 0 bridgehead atoms. The van der Waals surface area contributed by atoms with Crippen LogP contribution in [0, 0.1) is 11.8 Å². The van der Waals surface area contributed by atoms with Crippen LogP contribution in [0.25, 0.3) is 0 Å². The maximum absolute atomic E-state index is 10.9. The number of aliphatic carboxylic acids is 1. The van der Waals surface area contributed by atoms with Crippen molar-refractivity contribution in [3.63, 3.8) is 0 Å². The SMILES string of the molecule is CO[C@H](Cc1ccccc1)[C@H](C)/C=C(C)/C=C/[C@@H](N)[C@H](C)C(=O)O. The molecule has 0 amide bonds. The van der Waals surface area contributed by atoms with Gasteiger partial charge in [-0.25, -0.2) is 0 Å². The molecule has 0 saturated heterocycles. The normalized spacial score (nSPS) is 17.5. The molecule has 4 nitrogen and oxygen atoms in total. The molecule has 0 unspecified atom stereocenters. The fourth-order valence-corrected chi connectivity index (χ4v) is 2.50. The van der Waals surface area contributed by atoms with Gasteiger partial charge in [0.1, 0.15) is 0 Å². The zero-order valence-corrected chi connectivity index (χ0v) is 15.0. The lowest BCUT2D eigenvalue weighted by Crippen LogP contribution is -2.31. The molecule has 0 aromatic heterocycles. The summed E-state index contributed by atoms with van der Waals surface area (Å²) in [6.45, 7) is 5.72. The number of nitrogens with two attached hydrogens (primary N) is 1. The second kappa shape index (κ2) is 10.1. The number of benzene rings is 1. The Morgan fingerprint density at radius 1 is 1.29 bits per heavy atom. The Kier molecular flexibility index (Phi) is 8.44. The number of rotatable bonds is 9. The molecule has 0 heterocycles. The minimum Gasteiger partial charge on any atom is -0.481 e. The van der Waals surface area contributed by atoms with Crippen LogP contribution in [0.5, 0.6) is 0 Å². The van der Waals surface area contributed by atoms with E-state index in [-0.39, 0.29) is 12.0 Å². The van der Waals surface area contributed by atoms with Gasteiger partial charge in [-0.3, -0.25) is 4.79 Å². The summed E-state index contributed by atoms with van der Waals surface area (Å²) < 4.78 is 5.64. The second-order valence-electron chi connectivity index (χ2n) is 6.30. The van der Waals surface area contributed by atoms with E-state index in [0.29, 0.717) is 0 Å². The number of methoxy groups -OCH3 is 1. The minimum atomic E-state index is -0.885. The summed E-state index contributed by atoms with van der Waals surface area (Å²) in [5, 5.41) is 8.96. The van der Waals surface area contributed by atoms with E-state index in [4.69, 9.17) is 15.6 Å². The summed E-state index contributed by atoms with van der Waals surface area (Å²) in [5.74, 6) is -1.26. The molecular formula is C20H29NO3. The Morgan fingerprint density at radius 2 is 1.92 bits per heavy atom. The number of allylic oxidation sites excluding steroid dienone is 2. The summed E-state index contributed by atoms with van der Waals surface area (Å²) in [7, 11) is 1.73. The van der Waals surface area contributed by atoms with E-state index in [1.54, 1.807) is 20.1 Å². The van der Waals surface area contributed by atoms with E-state index in [9.17, 15) is 4.79 Å².